The van der Waals surface area contributed by atoms with Gasteiger partial charge in [-0.25, -0.2) is 0 Å². The quantitative estimate of drug-likeness (QED) is 0.679. The van der Waals surface area contributed by atoms with Gasteiger partial charge in [-0.05, 0) is 58.2 Å². The van der Waals surface area contributed by atoms with Gasteiger partial charge in [0, 0.05) is 5.02 Å². The SMILES string of the molecule is CCc1ccc(OCC(=O)NNC(=O)c2ccc(Cl)cc2Cl)c(Br)c1. The molecular weight excluding hydrogens is 431 g/mol. The van der Waals surface area contributed by atoms with Crippen molar-refractivity contribution >= 4 is 50.9 Å². The van der Waals surface area contributed by atoms with Crippen molar-refractivity contribution in [3.63, 3.8) is 0 Å². The molecule has 5 nitrogen and oxygen atoms in total. The number of hydrogen-bond donors (Lipinski definition) is 2. The molecule has 8 heteroatoms. The molecular formula is C17H15BrCl2N2O3. The van der Waals surface area contributed by atoms with Gasteiger partial charge < -0.3 is 4.74 Å². The van der Waals surface area contributed by atoms with Crippen molar-refractivity contribution in [2.24, 2.45) is 0 Å². The predicted octanol–water partition coefficient (Wildman–Crippen LogP) is 4.16. The summed E-state index contributed by atoms with van der Waals surface area (Å²) in [7, 11) is 0. The first-order valence-corrected chi connectivity index (χ1v) is 8.91. The minimum absolute atomic E-state index is 0.190. The number of nitrogens with one attached hydrogen (secondary N) is 2. The second-order valence-electron chi connectivity index (χ2n) is 5.03. The molecule has 0 radical (unpaired) electrons. The molecule has 0 heterocycles. The van der Waals surface area contributed by atoms with Crippen LogP contribution in [0.15, 0.2) is 40.9 Å². The van der Waals surface area contributed by atoms with E-state index in [1.54, 1.807) is 6.07 Å². The zero-order valence-electron chi connectivity index (χ0n) is 13.2. The third-order valence-corrected chi connectivity index (χ3v) is 4.42. The van der Waals surface area contributed by atoms with Crippen molar-refractivity contribution in [2.45, 2.75) is 13.3 Å². The van der Waals surface area contributed by atoms with Crippen molar-refractivity contribution in [2.75, 3.05) is 6.61 Å². The maximum Gasteiger partial charge on any atom is 0.276 e. The highest BCUT2D eigenvalue weighted by atomic mass is 79.9. The van der Waals surface area contributed by atoms with Crippen LogP contribution in [0.4, 0.5) is 0 Å². The van der Waals surface area contributed by atoms with Gasteiger partial charge in [0.05, 0.1) is 15.1 Å². The fourth-order valence-electron chi connectivity index (χ4n) is 1.93. The summed E-state index contributed by atoms with van der Waals surface area (Å²) in [5, 5.41) is 0.606. The topological polar surface area (TPSA) is 67.4 Å². The summed E-state index contributed by atoms with van der Waals surface area (Å²) in [5.41, 5.74) is 5.88. The van der Waals surface area contributed by atoms with Gasteiger partial charge >= 0.3 is 0 Å². The molecule has 0 atom stereocenters. The van der Waals surface area contributed by atoms with Crippen molar-refractivity contribution in [1.29, 1.82) is 0 Å². The lowest BCUT2D eigenvalue weighted by molar-refractivity contribution is -0.123. The number of amides is 2. The Morgan fingerprint density at radius 2 is 1.88 bits per heavy atom. The largest absolute Gasteiger partial charge is 0.483 e. The van der Waals surface area contributed by atoms with Gasteiger partial charge in [-0.2, -0.15) is 0 Å². The van der Waals surface area contributed by atoms with Gasteiger partial charge in [-0.15, -0.1) is 0 Å². The van der Waals surface area contributed by atoms with E-state index >= 15 is 0 Å². The van der Waals surface area contributed by atoms with E-state index < -0.39 is 11.8 Å². The molecule has 25 heavy (non-hydrogen) atoms. The third-order valence-electron chi connectivity index (χ3n) is 3.25. The summed E-state index contributed by atoms with van der Waals surface area (Å²) in [6.45, 7) is 1.80. The molecule has 0 aliphatic carbocycles. The summed E-state index contributed by atoms with van der Waals surface area (Å²) in [4.78, 5) is 23.8. The van der Waals surface area contributed by atoms with Gasteiger partial charge in [0.15, 0.2) is 6.61 Å². The van der Waals surface area contributed by atoms with Crippen molar-refractivity contribution in [3.8, 4) is 5.75 Å². The Hall–Kier alpha value is -1.76. The molecule has 0 saturated carbocycles. The minimum Gasteiger partial charge on any atom is -0.483 e. The molecule has 0 bridgehead atoms. The van der Waals surface area contributed by atoms with E-state index in [1.807, 2.05) is 19.1 Å². The van der Waals surface area contributed by atoms with Crippen molar-refractivity contribution in [3.05, 3.63) is 62.0 Å². The highest BCUT2D eigenvalue weighted by Crippen LogP contribution is 2.26. The van der Waals surface area contributed by atoms with Crippen LogP contribution >= 0.6 is 39.1 Å². The maximum atomic E-state index is 12.0. The molecule has 0 unspecified atom stereocenters. The molecule has 0 aromatic heterocycles. The average molecular weight is 446 g/mol. The van der Waals surface area contributed by atoms with E-state index in [4.69, 9.17) is 27.9 Å². The molecule has 2 rings (SSSR count). The first kappa shape index (κ1) is 19.6. The summed E-state index contributed by atoms with van der Waals surface area (Å²) in [6, 6.07) is 10.1. The van der Waals surface area contributed by atoms with Crippen molar-refractivity contribution < 1.29 is 14.3 Å². The molecule has 2 N–H and O–H groups in total. The normalized spacial score (nSPS) is 10.2. The summed E-state index contributed by atoms with van der Waals surface area (Å²) in [6.07, 6.45) is 0.901. The van der Waals surface area contributed by atoms with Gasteiger partial charge in [0.25, 0.3) is 11.8 Å². The van der Waals surface area contributed by atoms with Crippen LogP contribution in [0.25, 0.3) is 0 Å². The molecule has 2 aromatic carbocycles. The molecule has 2 amide bonds. The molecule has 0 aliphatic heterocycles. The Morgan fingerprint density at radius 3 is 2.52 bits per heavy atom. The lowest BCUT2D eigenvalue weighted by Gasteiger charge is -2.11. The Morgan fingerprint density at radius 1 is 1.12 bits per heavy atom. The molecule has 0 saturated heterocycles. The second-order valence-corrected chi connectivity index (χ2v) is 6.73. The zero-order valence-corrected chi connectivity index (χ0v) is 16.3. The molecule has 0 spiro atoms. The Kier molecular flexibility index (Phi) is 7.11. The number of benzene rings is 2. The Balaban J connectivity index is 1.85. The molecule has 0 aliphatic rings. The maximum absolute atomic E-state index is 12.0. The monoisotopic (exact) mass is 444 g/mol. The van der Waals surface area contributed by atoms with Crippen LogP contribution in [0.2, 0.25) is 10.0 Å². The zero-order chi connectivity index (χ0) is 18.4. The van der Waals surface area contributed by atoms with Gasteiger partial charge in [0.2, 0.25) is 0 Å². The number of rotatable bonds is 5. The standard InChI is InChI=1S/C17H15BrCl2N2O3/c1-2-10-3-6-15(13(18)7-10)25-9-16(23)21-22-17(24)12-5-4-11(19)8-14(12)20/h3-8H,2,9H2,1H3,(H,21,23)(H,22,24). The minimum atomic E-state index is -0.552. The number of carbonyl (C=O) groups excluding carboxylic acids is 2. The summed E-state index contributed by atoms with van der Waals surface area (Å²) < 4.78 is 6.18. The Labute approximate surface area is 163 Å². The number of aryl methyl sites for hydroxylation is 1. The van der Waals surface area contributed by atoms with Crippen LogP contribution in [0.1, 0.15) is 22.8 Å². The van der Waals surface area contributed by atoms with Crippen molar-refractivity contribution in [1.82, 2.24) is 10.9 Å². The van der Waals surface area contributed by atoms with E-state index in [0.29, 0.717) is 10.8 Å². The van der Waals surface area contributed by atoms with Gasteiger partial charge in [0.1, 0.15) is 5.75 Å². The number of carbonyl (C=O) groups is 2. The first-order valence-electron chi connectivity index (χ1n) is 7.36. The van der Waals surface area contributed by atoms with Crippen LogP contribution in [0.3, 0.4) is 0 Å². The summed E-state index contributed by atoms with van der Waals surface area (Å²) >= 11 is 15.1. The number of hydrazine groups is 1. The first-order chi connectivity index (χ1) is 11.9. The summed E-state index contributed by atoms with van der Waals surface area (Å²) in [5.74, 6) is -0.521. The van der Waals surface area contributed by atoms with Crippen LogP contribution in [0, 0.1) is 0 Å². The van der Waals surface area contributed by atoms with Crippen LogP contribution in [-0.2, 0) is 11.2 Å². The van der Waals surface area contributed by atoms with E-state index in [0.717, 1.165) is 16.5 Å². The van der Waals surface area contributed by atoms with E-state index in [-0.39, 0.29) is 17.2 Å². The number of halogens is 3. The fourth-order valence-corrected chi connectivity index (χ4v) is 2.96. The Bertz CT molecular complexity index is 799. The van der Waals surface area contributed by atoms with Gasteiger partial charge in [-0.3, -0.25) is 20.4 Å². The molecule has 2 aromatic rings. The van der Waals surface area contributed by atoms with Crippen LogP contribution in [-0.4, -0.2) is 18.4 Å². The lowest BCUT2D eigenvalue weighted by Crippen LogP contribution is -2.43. The fraction of sp³-hybridized carbons (Fsp3) is 0.176. The molecule has 0 fully saturated rings. The lowest BCUT2D eigenvalue weighted by atomic mass is 10.2. The highest BCUT2D eigenvalue weighted by Gasteiger charge is 2.12. The van der Waals surface area contributed by atoms with E-state index in [1.165, 1.54) is 18.2 Å². The highest BCUT2D eigenvalue weighted by molar-refractivity contribution is 9.10. The molecule has 132 valence electrons. The second kappa shape index (κ2) is 9.08. The number of ether oxygens (including phenoxy) is 1. The van der Waals surface area contributed by atoms with E-state index in [2.05, 4.69) is 26.8 Å². The van der Waals surface area contributed by atoms with Crippen LogP contribution < -0.4 is 15.6 Å². The number of hydrogen-bond acceptors (Lipinski definition) is 3. The third kappa shape index (κ3) is 5.63. The van der Waals surface area contributed by atoms with E-state index in [9.17, 15) is 9.59 Å². The predicted molar refractivity (Wildman–Crippen MR) is 101 cm³/mol. The van der Waals surface area contributed by atoms with Crippen LogP contribution in [0.5, 0.6) is 5.75 Å². The average Bonchev–Trinajstić information content (AvgIpc) is 2.58. The van der Waals surface area contributed by atoms with Gasteiger partial charge in [-0.1, -0.05) is 36.2 Å². The smallest absolute Gasteiger partial charge is 0.276 e.